The lowest BCUT2D eigenvalue weighted by molar-refractivity contribution is 0.241. The summed E-state index contributed by atoms with van der Waals surface area (Å²) >= 11 is 0. The van der Waals surface area contributed by atoms with Gasteiger partial charge in [-0.3, -0.25) is 0 Å². The smallest absolute Gasteiger partial charge is 0.337 e. The van der Waals surface area contributed by atoms with Gasteiger partial charge in [-0.25, -0.2) is 4.39 Å². The van der Waals surface area contributed by atoms with Crippen LogP contribution in [0.3, 0.4) is 0 Å². The van der Waals surface area contributed by atoms with Crippen LogP contribution in [0.1, 0.15) is 31.7 Å². The number of hydrogen-bond donors (Lipinski definition) is 0. The Hall–Kier alpha value is -0.713. The molecule has 4 heteroatoms. The summed E-state index contributed by atoms with van der Waals surface area (Å²) in [6, 6.07) is 8.84. The van der Waals surface area contributed by atoms with E-state index in [0.717, 1.165) is 31.4 Å². The van der Waals surface area contributed by atoms with Crippen molar-refractivity contribution in [3.8, 4) is 0 Å². The van der Waals surface area contributed by atoms with Crippen LogP contribution in [-0.2, 0) is 15.3 Å². The molecule has 0 spiro atoms. The van der Waals surface area contributed by atoms with Crippen molar-refractivity contribution in [2.45, 2.75) is 44.7 Å². The summed E-state index contributed by atoms with van der Waals surface area (Å²) in [6.45, 7) is 2.14. The zero-order valence-corrected chi connectivity index (χ0v) is 13.2. The van der Waals surface area contributed by atoms with Gasteiger partial charge in [0.2, 0.25) is 0 Å². The zero-order chi connectivity index (χ0) is 14.1. The maximum atomic E-state index is 12.8. The second-order valence-corrected chi connectivity index (χ2v) is 8.70. The molecular formula is C15H25FO2Si. The number of unbranched alkanes of at least 4 members (excludes halogenated alkanes) is 2. The monoisotopic (exact) mass is 284 g/mol. The lowest BCUT2D eigenvalue weighted by atomic mass is 10.1. The first-order valence-electron chi connectivity index (χ1n) is 7.00. The quantitative estimate of drug-likeness (QED) is 0.497. The second kappa shape index (κ2) is 8.46. The Kier molecular flexibility index (Phi) is 7.27. The van der Waals surface area contributed by atoms with Crippen molar-refractivity contribution in [1.29, 1.82) is 0 Å². The Bertz CT molecular complexity index is 341. The summed E-state index contributed by atoms with van der Waals surface area (Å²) in [5, 5.41) is 0. The van der Waals surface area contributed by atoms with E-state index in [-0.39, 0.29) is 5.82 Å². The van der Waals surface area contributed by atoms with E-state index in [9.17, 15) is 4.39 Å². The molecule has 108 valence electrons. The molecule has 0 N–H and O–H groups in total. The van der Waals surface area contributed by atoms with Crippen molar-refractivity contribution in [1.82, 2.24) is 0 Å². The fraction of sp³-hybridized carbons (Fsp3) is 0.600. The number of aryl methyl sites for hydroxylation is 1. The second-order valence-electron chi connectivity index (χ2n) is 4.86. The molecule has 0 atom stereocenters. The SMILES string of the molecule is CC[Si](CCCCCc1ccc(F)cc1)(OC)OC. The largest absolute Gasteiger partial charge is 0.398 e. The standard InChI is InChI=1S/C15H25FO2Si/c1-4-19(17-2,18-3)13-7-5-6-8-14-9-11-15(16)12-10-14/h9-12H,4-8,13H2,1-3H3. The summed E-state index contributed by atoms with van der Waals surface area (Å²) in [6.07, 6.45) is 4.45. The molecule has 1 aromatic carbocycles. The average molecular weight is 284 g/mol. The van der Waals surface area contributed by atoms with Crippen molar-refractivity contribution in [2.24, 2.45) is 0 Å². The summed E-state index contributed by atoms with van der Waals surface area (Å²) in [5.74, 6) is -0.164. The van der Waals surface area contributed by atoms with Crippen LogP contribution >= 0.6 is 0 Å². The highest BCUT2D eigenvalue weighted by atomic mass is 28.4. The predicted octanol–water partition coefficient (Wildman–Crippen LogP) is 4.29. The molecule has 0 unspecified atom stereocenters. The first kappa shape index (κ1) is 16.3. The van der Waals surface area contributed by atoms with Crippen LogP contribution in [0, 0.1) is 5.82 Å². The molecule has 0 aliphatic carbocycles. The van der Waals surface area contributed by atoms with Gasteiger partial charge in [0.25, 0.3) is 0 Å². The van der Waals surface area contributed by atoms with E-state index < -0.39 is 8.56 Å². The molecule has 0 amide bonds. The molecule has 0 fully saturated rings. The van der Waals surface area contributed by atoms with Crippen LogP contribution in [0.5, 0.6) is 0 Å². The minimum absolute atomic E-state index is 0.164. The van der Waals surface area contributed by atoms with Crippen molar-refractivity contribution in [3.63, 3.8) is 0 Å². The highest BCUT2D eigenvalue weighted by Crippen LogP contribution is 2.21. The van der Waals surface area contributed by atoms with Crippen LogP contribution in [0.2, 0.25) is 12.1 Å². The molecular weight excluding hydrogens is 259 g/mol. The van der Waals surface area contributed by atoms with Gasteiger partial charge in [0.15, 0.2) is 0 Å². The number of rotatable bonds is 9. The molecule has 0 aliphatic heterocycles. The maximum Gasteiger partial charge on any atom is 0.337 e. The molecule has 0 saturated heterocycles. The minimum atomic E-state index is -1.90. The van der Waals surface area contributed by atoms with Crippen molar-refractivity contribution in [2.75, 3.05) is 14.2 Å². The zero-order valence-electron chi connectivity index (χ0n) is 12.2. The summed E-state index contributed by atoms with van der Waals surface area (Å²) in [7, 11) is 1.62. The van der Waals surface area contributed by atoms with E-state index >= 15 is 0 Å². The lowest BCUT2D eigenvalue weighted by Gasteiger charge is -2.25. The van der Waals surface area contributed by atoms with Crippen molar-refractivity contribution < 1.29 is 13.2 Å². The van der Waals surface area contributed by atoms with Crippen LogP contribution in [0.25, 0.3) is 0 Å². The normalized spacial score (nSPS) is 11.8. The molecule has 0 bridgehead atoms. The third-order valence-electron chi connectivity index (χ3n) is 3.72. The van der Waals surface area contributed by atoms with E-state index in [4.69, 9.17) is 8.85 Å². The van der Waals surface area contributed by atoms with Gasteiger partial charge in [0.1, 0.15) is 5.82 Å². The summed E-state index contributed by atoms with van der Waals surface area (Å²) < 4.78 is 23.9. The topological polar surface area (TPSA) is 18.5 Å². The maximum absolute atomic E-state index is 12.8. The fourth-order valence-electron chi connectivity index (χ4n) is 2.30. The highest BCUT2D eigenvalue weighted by Gasteiger charge is 2.32. The molecule has 0 aromatic heterocycles. The van der Waals surface area contributed by atoms with Gasteiger partial charge >= 0.3 is 8.56 Å². The molecule has 1 aromatic rings. The summed E-state index contributed by atoms with van der Waals surface area (Å²) in [5.41, 5.74) is 1.21. The van der Waals surface area contributed by atoms with Crippen molar-refractivity contribution >= 4 is 8.56 Å². The van der Waals surface area contributed by atoms with E-state index in [1.54, 1.807) is 14.2 Å². The Balaban J connectivity index is 2.22. The van der Waals surface area contributed by atoms with E-state index in [0.29, 0.717) is 0 Å². The van der Waals surface area contributed by atoms with Crippen LogP contribution in [0.15, 0.2) is 24.3 Å². The van der Waals surface area contributed by atoms with Crippen LogP contribution in [-0.4, -0.2) is 22.8 Å². The van der Waals surface area contributed by atoms with Gasteiger partial charge in [-0.1, -0.05) is 31.9 Å². The molecule has 2 nitrogen and oxygen atoms in total. The Morgan fingerprint density at radius 1 is 1.00 bits per heavy atom. The first-order valence-corrected chi connectivity index (χ1v) is 9.23. The van der Waals surface area contributed by atoms with Gasteiger partial charge < -0.3 is 8.85 Å². The van der Waals surface area contributed by atoms with Gasteiger partial charge in [0, 0.05) is 14.2 Å². The third-order valence-corrected chi connectivity index (χ3v) is 7.40. The molecule has 19 heavy (non-hydrogen) atoms. The third kappa shape index (κ3) is 5.43. The predicted molar refractivity (Wildman–Crippen MR) is 79.0 cm³/mol. The Morgan fingerprint density at radius 3 is 2.16 bits per heavy atom. The molecule has 0 radical (unpaired) electrons. The Labute approximate surface area is 117 Å². The Morgan fingerprint density at radius 2 is 1.63 bits per heavy atom. The van der Waals surface area contributed by atoms with Gasteiger partial charge in [-0.05, 0) is 42.6 Å². The lowest BCUT2D eigenvalue weighted by Crippen LogP contribution is -2.38. The first-order chi connectivity index (χ1) is 9.15. The van der Waals surface area contributed by atoms with Gasteiger partial charge in [-0.2, -0.15) is 0 Å². The van der Waals surface area contributed by atoms with Crippen molar-refractivity contribution in [3.05, 3.63) is 35.6 Å². The number of halogens is 1. The van der Waals surface area contributed by atoms with E-state index in [2.05, 4.69) is 6.92 Å². The fourth-order valence-corrected chi connectivity index (χ4v) is 4.60. The van der Waals surface area contributed by atoms with E-state index in [1.807, 2.05) is 12.1 Å². The molecule has 0 aliphatic rings. The number of hydrogen-bond acceptors (Lipinski definition) is 2. The molecule has 0 saturated carbocycles. The van der Waals surface area contributed by atoms with Crippen LogP contribution in [0.4, 0.5) is 4.39 Å². The van der Waals surface area contributed by atoms with E-state index in [1.165, 1.54) is 24.1 Å². The highest BCUT2D eigenvalue weighted by molar-refractivity contribution is 6.67. The average Bonchev–Trinajstić information content (AvgIpc) is 2.45. The van der Waals surface area contributed by atoms with Gasteiger partial charge in [0.05, 0.1) is 0 Å². The molecule has 0 heterocycles. The minimum Gasteiger partial charge on any atom is -0.398 e. The van der Waals surface area contributed by atoms with Crippen LogP contribution < -0.4 is 0 Å². The number of benzene rings is 1. The molecule has 1 rings (SSSR count). The summed E-state index contributed by atoms with van der Waals surface area (Å²) in [4.78, 5) is 0. The van der Waals surface area contributed by atoms with Gasteiger partial charge in [-0.15, -0.1) is 0 Å².